The molecule has 5 rings (SSSR count). The van der Waals surface area contributed by atoms with E-state index in [0.717, 1.165) is 17.9 Å². The maximum absolute atomic E-state index is 2.68. The van der Waals surface area contributed by atoms with Gasteiger partial charge in [-0.25, -0.2) is 0 Å². The molecule has 2 fully saturated rings. The van der Waals surface area contributed by atoms with E-state index in [2.05, 4.69) is 63.9 Å². The molecule has 4 aliphatic rings. The van der Waals surface area contributed by atoms with Crippen LogP contribution in [0.4, 0.5) is 0 Å². The Labute approximate surface area is 140 Å². The van der Waals surface area contributed by atoms with Gasteiger partial charge in [0.2, 0.25) is 0 Å². The first kappa shape index (κ1) is 14.3. The Bertz CT molecular complexity index is 732. The number of likely N-dealkylation sites (N-methyl/N-ethyl adjacent to an activating group) is 1. The van der Waals surface area contributed by atoms with Crippen LogP contribution in [-0.4, -0.2) is 24.5 Å². The minimum Gasteiger partial charge on any atom is -0.302 e. The van der Waals surface area contributed by atoms with E-state index < -0.39 is 0 Å². The quantitative estimate of drug-likeness (QED) is 0.647. The van der Waals surface area contributed by atoms with Gasteiger partial charge in [-0.05, 0) is 73.7 Å². The zero-order chi connectivity index (χ0) is 16.1. The maximum atomic E-state index is 2.68. The lowest BCUT2D eigenvalue weighted by molar-refractivity contribution is -0.0575. The number of likely N-dealkylation sites (tertiary alicyclic amines) is 1. The van der Waals surface area contributed by atoms with E-state index in [4.69, 9.17) is 0 Å². The number of allylic oxidation sites excluding steroid dienone is 1. The number of benzene rings is 1. The van der Waals surface area contributed by atoms with Crippen LogP contribution < -0.4 is 0 Å². The van der Waals surface area contributed by atoms with Crippen LogP contribution >= 0.6 is 0 Å². The van der Waals surface area contributed by atoms with Gasteiger partial charge in [0.05, 0.1) is 0 Å². The molecule has 1 nitrogen and oxygen atoms in total. The minimum atomic E-state index is 0.419. The predicted molar refractivity (Wildman–Crippen MR) is 95.7 cm³/mol. The Balaban J connectivity index is 1.82. The lowest BCUT2D eigenvalue weighted by Gasteiger charge is -2.65. The first-order valence-corrected chi connectivity index (χ1v) is 9.40. The van der Waals surface area contributed by atoms with E-state index >= 15 is 0 Å². The van der Waals surface area contributed by atoms with Crippen LogP contribution in [0.5, 0.6) is 0 Å². The summed E-state index contributed by atoms with van der Waals surface area (Å²) in [7, 11) is 2.37. The van der Waals surface area contributed by atoms with Gasteiger partial charge in [-0.1, -0.05) is 38.1 Å². The fourth-order valence-corrected chi connectivity index (χ4v) is 7.16. The van der Waals surface area contributed by atoms with E-state index in [1.54, 1.807) is 16.7 Å². The van der Waals surface area contributed by atoms with E-state index in [1.165, 1.54) is 24.9 Å². The third-order valence-electron chi connectivity index (χ3n) is 8.34. The molecule has 0 N–H and O–H groups in total. The second kappa shape index (κ2) is 4.11. The van der Waals surface area contributed by atoms with E-state index in [1.807, 2.05) is 0 Å². The van der Waals surface area contributed by atoms with Crippen LogP contribution in [0.2, 0.25) is 0 Å². The molecule has 23 heavy (non-hydrogen) atoms. The van der Waals surface area contributed by atoms with Gasteiger partial charge in [0, 0.05) is 23.4 Å². The summed E-state index contributed by atoms with van der Waals surface area (Å²) >= 11 is 0. The Hall–Kier alpha value is -1.08. The molecule has 6 unspecified atom stereocenters. The highest BCUT2D eigenvalue weighted by atomic mass is 15.2. The lowest BCUT2D eigenvalue weighted by atomic mass is 9.37. The summed E-state index contributed by atoms with van der Waals surface area (Å²) in [6.07, 6.45) is 7.83. The number of nitrogens with zero attached hydrogens (tertiary/aromatic N) is 1. The van der Waals surface area contributed by atoms with Gasteiger partial charge < -0.3 is 4.90 Å². The summed E-state index contributed by atoms with van der Waals surface area (Å²) < 4.78 is 0. The second-order valence-corrected chi connectivity index (χ2v) is 9.16. The normalized spacial score (nSPS) is 46.8. The predicted octanol–water partition coefficient (Wildman–Crippen LogP) is 4.26. The molecule has 1 aromatic carbocycles. The molecule has 122 valence electrons. The van der Waals surface area contributed by atoms with Crippen LogP contribution in [-0.2, 0) is 11.8 Å². The summed E-state index contributed by atoms with van der Waals surface area (Å²) in [4.78, 5) is 2.68. The Morgan fingerprint density at radius 1 is 1.17 bits per heavy atom. The van der Waals surface area contributed by atoms with Crippen molar-refractivity contribution in [2.45, 2.75) is 52.0 Å². The molecular weight excluding hydrogens is 278 g/mol. The third-order valence-corrected chi connectivity index (χ3v) is 8.34. The Kier molecular flexibility index (Phi) is 2.55. The number of aryl methyl sites for hydroxylation is 1. The number of hydrogen-bond donors (Lipinski definition) is 0. The minimum absolute atomic E-state index is 0.419. The highest BCUT2D eigenvalue weighted by Crippen LogP contribution is 2.74. The van der Waals surface area contributed by atoms with E-state index in [9.17, 15) is 0 Å². The van der Waals surface area contributed by atoms with E-state index in [0.29, 0.717) is 16.7 Å². The SMILES string of the molecule is Cc1ccc2c(c1C)C13CC4(C=CC(C)C1C)CN(C)C(C2)C43. The number of fused-ring (bicyclic) bond motifs is 1. The largest absolute Gasteiger partial charge is 0.302 e. The molecular formula is C22H29N. The van der Waals surface area contributed by atoms with Gasteiger partial charge in [-0.2, -0.15) is 0 Å². The zero-order valence-electron chi connectivity index (χ0n) is 15.2. The van der Waals surface area contributed by atoms with Crippen LogP contribution in [0.3, 0.4) is 0 Å². The highest BCUT2D eigenvalue weighted by Gasteiger charge is 2.73. The van der Waals surface area contributed by atoms with Gasteiger partial charge in [-0.3, -0.25) is 0 Å². The average molecular weight is 307 g/mol. The molecule has 1 aromatic rings. The smallest absolute Gasteiger partial charge is 0.0179 e. The first-order valence-electron chi connectivity index (χ1n) is 9.40. The van der Waals surface area contributed by atoms with Gasteiger partial charge >= 0.3 is 0 Å². The van der Waals surface area contributed by atoms with Crippen molar-refractivity contribution in [2.75, 3.05) is 13.6 Å². The lowest BCUT2D eigenvalue weighted by Crippen LogP contribution is -2.65. The zero-order valence-corrected chi connectivity index (χ0v) is 15.2. The topological polar surface area (TPSA) is 3.24 Å². The molecule has 0 amide bonds. The molecule has 1 aliphatic heterocycles. The van der Waals surface area contributed by atoms with Crippen LogP contribution in [0.15, 0.2) is 24.3 Å². The van der Waals surface area contributed by atoms with Crippen molar-refractivity contribution in [3.05, 3.63) is 46.5 Å². The fourth-order valence-electron chi connectivity index (χ4n) is 7.16. The molecule has 1 heterocycles. The second-order valence-electron chi connectivity index (χ2n) is 9.16. The van der Waals surface area contributed by atoms with Gasteiger partial charge in [0.1, 0.15) is 0 Å². The average Bonchev–Trinajstić information content (AvgIpc) is 2.64. The third kappa shape index (κ3) is 1.41. The fraction of sp³-hybridized carbons (Fsp3) is 0.636. The molecule has 2 spiro atoms. The molecule has 2 bridgehead atoms. The van der Waals surface area contributed by atoms with Crippen molar-refractivity contribution < 1.29 is 0 Å². The van der Waals surface area contributed by atoms with Gasteiger partial charge in [-0.15, -0.1) is 0 Å². The highest BCUT2D eigenvalue weighted by molar-refractivity contribution is 5.54. The summed E-state index contributed by atoms with van der Waals surface area (Å²) in [5, 5.41) is 0. The van der Waals surface area contributed by atoms with Crippen LogP contribution in [0, 0.1) is 37.0 Å². The molecule has 1 heteroatoms. The molecule has 6 atom stereocenters. The molecule has 1 saturated heterocycles. The Morgan fingerprint density at radius 2 is 1.96 bits per heavy atom. The van der Waals surface area contributed by atoms with Crippen LogP contribution in [0.1, 0.15) is 42.5 Å². The molecule has 0 radical (unpaired) electrons. The molecule has 3 aliphatic carbocycles. The molecule has 0 aromatic heterocycles. The maximum Gasteiger partial charge on any atom is 0.0179 e. The molecule has 1 saturated carbocycles. The van der Waals surface area contributed by atoms with Crippen molar-refractivity contribution >= 4 is 0 Å². The summed E-state index contributed by atoms with van der Waals surface area (Å²) in [6, 6.07) is 5.55. The Morgan fingerprint density at radius 3 is 2.74 bits per heavy atom. The van der Waals surface area contributed by atoms with Crippen molar-refractivity contribution in [3.8, 4) is 0 Å². The summed E-state index contributed by atoms with van der Waals surface area (Å²) in [6.45, 7) is 10.9. The van der Waals surface area contributed by atoms with Gasteiger partial charge in [0.25, 0.3) is 0 Å². The number of rotatable bonds is 0. The monoisotopic (exact) mass is 307 g/mol. The summed E-state index contributed by atoms with van der Waals surface area (Å²) in [5.41, 5.74) is 7.36. The van der Waals surface area contributed by atoms with Crippen molar-refractivity contribution in [1.82, 2.24) is 4.90 Å². The van der Waals surface area contributed by atoms with Gasteiger partial charge in [0.15, 0.2) is 0 Å². The first-order chi connectivity index (χ1) is 10.9. The standard InChI is InChI=1S/C22H29N/c1-13-6-7-17-10-18-20-21(12-23(18)5)9-8-14(2)16(4)22(20,11-21)19(17)15(13)3/h6-9,14,16,18,20H,10-12H2,1-5H3. The van der Waals surface area contributed by atoms with E-state index in [-0.39, 0.29) is 0 Å². The van der Waals surface area contributed by atoms with Crippen molar-refractivity contribution in [2.24, 2.45) is 23.2 Å². The van der Waals surface area contributed by atoms with Crippen molar-refractivity contribution in [1.29, 1.82) is 0 Å². The van der Waals surface area contributed by atoms with Crippen molar-refractivity contribution in [3.63, 3.8) is 0 Å². The number of hydrogen-bond acceptors (Lipinski definition) is 1. The summed E-state index contributed by atoms with van der Waals surface area (Å²) in [5.74, 6) is 2.27. The van der Waals surface area contributed by atoms with Crippen LogP contribution in [0.25, 0.3) is 0 Å².